The SMILES string of the molecule is CCOC(=O)c1nc2cc(-c3ccc(C(F)(F)F)cc3)nc(NCCCc3ccc(C#N)cn3)n2n1. The molecule has 184 valence electrons. The number of alkyl halides is 3. The van der Waals surface area contributed by atoms with Crippen molar-refractivity contribution in [2.45, 2.75) is 25.9 Å². The molecule has 0 unspecified atom stereocenters. The number of pyridine rings is 1. The van der Waals surface area contributed by atoms with Gasteiger partial charge in [0.1, 0.15) is 6.07 Å². The topological polar surface area (TPSA) is 118 Å². The maximum absolute atomic E-state index is 13.0. The average molecular weight is 495 g/mol. The number of halogens is 3. The molecule has 0 saturated carbocycles. The van der Waals surface area contributed by atoms with Crippen molar-refractivity contribution >= 4 is 17.6 Å². The summed E-state index contributed by atoms with van der Waals surface area (Å²) in [6.07, 6.45) is -1.65. The number of ether oxygens (including phenoxy) is 1. The fourth-order valence-electron chi connectivity index (χ4n) is 3.37. The summed E-state index contributed by atoms with van der Waals surface area (Å²) in [6, 6.07) is 11.6. The Morgan fingerprint density at radius 1 is 1.17 bits per heavy atom. The average Bonchev–Trinajstić information content (AvgIpc) is 3.31. The van der Waals surface area contributed by atoms with Crippen molar-refractivity contribution in [1.29, 1.82) is 5.26 Å². The molecule has 9 nitrogen and oxygen atoms in total. The third kappa shape index (κ3) is 5.57. The first kappa shape index (κ1) is 24.6. The zero-order valence-electron chi connectivity index (χ0n) is 19.1. The van der Waals surface area contributed by atoms with Gasteiger partial charge in [-0.15, -0.1) is 5.10 Å². The van der Waals surface area contributed by atoms with Crippen LogP contribution in [0.25, 0.3) is 16.9 Å². The normalized spacial score (nSPS) is 11.3. The van der Waals surface area contributed by atoms with E-state index in [-0.39, 0.29) is 24.0 Å². The molecule has 36 heavy (non-hydrogen) atoms. The number of fused-ring (bicyclic) bond motifs is 1. The minimum absolute atomic E-state index is 0.151. The number of anilines is 1. The van der Waals surface area contributed by atoms with E-state index in [1.807, 2.05) is 6.07 Å². The van der Waals surface area contributed by atoms with Gasteiger partial charge in [0.2, 0.25) is 5.95 Å². The van der Waals surface area contributed by atoms with Gasteiger partial charge >= 0.3 is 12.1 Å². The Kier molecular flexibility index (Phi) is 7.10. The predicted octanol–water partition coefficient (Wildman–Crippen LogP) is 4.30. The highest BCUT2D eigenvalue weighted by atomic mass is 19.4. The van der Waals surface area contributed by atoms with E-state index in [4.69, 9.17) is 10.00 Å². The van der Waals surface area contributed by atoms with E-state index in [0.717, 1.165) is 17.8 Å². The first-order valence-electron chi connectivity index (χ1n) is 11.0. The molecular weight excluding hydrogens is 475 g/mol. The molecule has 1 aromatic carbocycles. The Morgan fingerprint density at radius 2 is 1.94 bits per heavy atom. The molecule has 0 amide bonds. The molecule has 4 rings (SSSR count). The summed E-state index contributed by atoms with van der Waals surface area (Å²) in [5, 5.41) is 16.2. The molecule has 1 N–H and O–H groups in total. The van der Waals surface area contributed by atoms with E-state index in [9.17, 15) is 18.0 Å². The molecule has 12 heteroatoms. The summed E-state index contributed by atoms with van der Waals surface area (Å²) in [4.78, 5) is 25.1. The minimum atomic E-state index is -4.45. The van der Waals surface area contributed by atoms with E-state index < -0.39 is 17.7 Å². The first-order valence-corrected chi connectivity index (χ1v) is 11.0. The second-order valence-corrected chi connectivity index (χ2v) is 7.65. The number of aromatic nitrogens is 5. The number of carbonyl (C=O) groups excluding carboxylic acids is 1. The van der Waals surface area contributed by atoms with Crippen molar-refractivity contribution < 1.29 is 22.7 Å². The first-order chi connectivity index (χ1) is 17.3. The number of esters is 1. The Balaban J connectivity index is 1.59. The van der Waals surface area contributed by atoms with Crippen molar-refractivity contribution in [3.8, 4) is 17.3 Å². The number of carbonyl (C=O) groups is 1. The molecule has 3 aromatic heterocycles. The van der Waals surface area contributed by atoms with Gasteiger partial charge in [0.15, 0.2) is 5.65 Å². The Morgan fingerprint density at radius 3 is 2.58 bits per heavy atom. The molecule has 0 fully saturated rings. The van der Waals surface area contributed by atoms with Gasteiger partial charge in [-0.1, -0.05) is 12.1 Å². The van der Waals surface area contributed by atoms with Crippen LogP contribution in [0.1, 0.15) is 40.8 Å². The van der Waals surface area contributed by atoms with E-state index in [2.05, 4.69) is 25.4 Å². The lowest BCUT2D eigenvalue weighted by Crippen LogP contribution is -2.11. The van der Waals surface area contributed by atoms with E-state index in [1.54, 1.807) is 19.1 Å². The van der Waals surface area contributed by atoms with Crippen molar-refractivity contribution in [3.05, 3.63) is 71.3 Å². The lowest BCUT2D eigenvalue weighted by atomic mass is 10.1. The molecule has 0 aliphatic rings. The summed E-state index contributed by atoms with van der Waals surface area (Å²) in [6.45, 7) is 2.26. The second-order valence-electron chi connectivity index (χ2n) is 7.65. The van der Waals surface area contributed by atoms with Gasteiger partial charge in [-0.25, -0.2) is 14.8 Å². The van der Waals surface area contributed by atoms with E-state index in [1.165, 1.54) is 28.9 Å². The number of hydrogen-bond donors (Lipinski definition) is 1. The van der Waals surface area contributed by atoms with Crippen LogP contribution in [-0.2, 0) is 17.3 Å². The summed E-state index contributed by atoms with van der Waals surface area (Å²) < 4.78 is 45.2. The van der Waals surface area contributed by atoms with E-state index >= 15 is 0 Å². The number of nitrogens with one attached hydrogen (secondary N) is 1. The number of rotatable bonds is 8. The third-order valence-electron chi connectivity index (χ3n) is 5.14. The number of nitrogens with zero attached hydrogens (tertiary/aromatic N) is 6. The highest BCUT2D eigenvalue weighted by Crippen LogP contribution is 2.31. The molecule has 0 bridgehead atoms. The summed E-state index contributed by atoms with van der Waals surface area (Å²) in [5.74, 6) is -0.596. The number of nitriles is 1. The molecule has 0 radical (unpaired) electrons. The van der Waals surface area contributed by atoms with Crippen LogP contribution < -0.4 is 5.32 Å². The number of aryl methyl sites for hydroxylation is 1. The highest BCUT2D eigenvalue weighted by molar-refractivity contribution is 5.86. The minimum Gasteiger partial charge on any atom is -0.460 e. The van der Waals surface area contributed by atoms with Crippen LogP contribution in [0.5, 0.6) is 0 Å². The van der Waals surface area contributed by atoms with Crippen LogP contribution in [0.3, 0.4) is 0 Å². The van der Waals surface area contributed by atoms with Crippen molar-refractivity contribution in [3.63, 3.8) is 0 Å². The highest BCUT2D eigenvalue weighted by Gasteiger charge is 2.30. The van der Waals surface area contributed by atoms with Crippen LogP contribution in [0.2, 0.25) is 0 Å². The van der Waals surface area contributed by atoms with Crippen LogP contribution in [0, 0.1) is 11.3 Å². The Hall–Kier alpha value is -4.53. The van der Waals surface area contributed by atoms with E-state index in [0.29, 0.717) is 36.2 Å². The van der Waals surface area contributed by atoms with Crippen molar-refractivity contribution in [2.24, 2.45) is 0 Å². The second kappa shape index (κ2) is 10.4. The summed E-state index contributed by atoms with van der Waals surface area (Å²) in [7, 11) is 0. The largest absolute Gasteiger partial charge is 0.460 e. The fourth-order valence-corrected chi connectivity index (χ4v) is 3.37. The predicted molar refractivity (Wildman–Crippen MR) is 123 cm³/mol. The molecular formula is C24H20F3N7O2. The third-order valence-corrected chi connectivity index (χ3v) is 5.14. The fraction of sp³-hybridized carbons (Fsp3) is 0.250. The van der Waals surface area contributed by atoms with Crippen molar-refractivity contribution in [2.75, 3.05) is 18.5 Å². The summed E-state index contributed by atoms with van der Waals surface area (Å²) in [5.41, 5.74) is 1.60. The lowest BCUT2D eigenvalue weighted by molar-refractivity contribution is -0.137. The van der Waals surface area contributed by atoms with Crippen LogP contribution in [0.4, 0.5) is 19.1 Å². The molecule has 0 atom stereocenters. The quantitative estimate of drug-likeness (QED) is 0.284. The summed E-state index contributed by atoms with van der Waals surface area (Å²) >= 11 is 0. The zero-order chi connectivity index (χ0) is 25.7. The monoisotopic (exact) mass is 495 g/mol. The molecule has 4 aromatic rings. The molecule has 0 aliphatic heterocycles. The molecule has 0 saturated heterocycles. The van der Waals surface area contributed by atoms with Gasteiger partial charge in [-0.05, 0) is 44.0 Å². The van der Waals surface area contributed by atoms with Gasteiger partial charge in [-0.2, -0.15) is 22.9 Å². The lowest BCUT2D eigenvalue weighted by Gasteiger charge is -2.11. The van der Waals surface area contributed by atoms with Crippen LogP contribution in [-0.4, -0.2) is 43.7 Å². The molecule has 0 aliphatic carbocycles. The Bertz CT molecular complexity index is 1410. The van der Waals surface area contributed by atoms with Crippen molar-refractivity contribution in [1.82, 2.24) is 24.6 Å². The number of benzene rings is 1. The van der Waals surface area contributed by atoms with Gasteiger partial charge in [0, 0.05) is 30.1 Å². The smallest absolute Gasteiger partial charge is 0.416 e. The maximum atomic E-state index is 13.0. The van der Waals surface area contributed by atoms with Gasteiger partial charge in [0.05, 0.1) is 23.4 Å². The maximum Gasteiger partial charge on any atom is 0.416 e. The molecule has 3 heterocycles. The van der Waals surface area contributed by atoms with Crippen LogP contribution in [0.15, 0.2) is 48.7 Å². The molecule has 0 spiro atoms. The van der Waals surface area contributed by atoms with Gasteiger partial charge in [0.25, 0.3) is 5.82 Å². The van der Waals surface area contributed by atoms with Crippen LogP contribution >= 0.6 is 0 Å². The standard InChI is InChI=1S/C24H20F3N7O2/c1-2-36-22(35)21-32-20-12-19(16-6-8-17(9-7-16)24(25,26)27)31-23(34(20)33-21)29-11-3-4-18-10-5-15(13-28)14-30-18/h5-10,12,14H,2-4,11H2,1H3,(H,29,31). The van der Waals surface area contributed by atoms with Gasteiger partial charge in [-0.3, -0.25) is 4.98 Å². The zero-order valence-corrected chi connectivity index (χ0v) is 19.1. The van der Waals surface area contributed by atoms with Gasteiger partial charge < -0.3 is 10.1 Å². The number of hydrogen-bond acceptors (Lipinski definition) is 8. The Labute approximate surface area is 203 Å².